The molecule has 0 saturated carbocycles. The Balaban J connectivity index is 3.10. The predicted molar refractivity (Wildman–Crippen MR) is 103 cm³/mol. The highest BCUT2D eigenvalue weighted by Crippen LogP contribution is 2.14. The van der Waals surface area contributed by atoms with Gasteiger partial charge in [0.2, 0.25) is 0 Å². The van der Waals surface area contributed by atoms with Crippen molar-refractivity contribution in [2.75, 3.05) is 6.61 Å². The van der Waals surface area contributed by atoms with Gasteiger partial charge in [-0.2, -0.15) is 0 Å². The summed E-state index contributed by atoms with van der Waals surface area (Å²) in [5, 5.41) is 27.7. The van der Waals surface area contributed by atoms with E-state index in [0.29, 0.717) is 6.42 Å². The summed E-state index contributed by atoms with van der Waals surface area (Å²) in [6.07, 6.45) is 20.0. The van der Waals surface area contributed by atoms with Crippen molar-refractivity contribution in [1.82, 2.24) is 0 Å². The first-order chi connectivity index (χ1) is 11.7. The smallest absolute Gasteiger partial charge is 0.0795 e. The van der Waals surface area contributed by atoms with Crippen LogP contribution in [0.1, 0.15) is 116 Å². The zero-order valence-electron chi connectivity index (χ0n) is 16.2. The number of rotatable bonds is 19. The second kappa shape index (κ2) is 19.2. The Morgan fingerprint density at radius 1 is 0.542 bits per heavy atom. The van der Waals surface area contributed by atoms with Gasteiger partial charge in [0.05, 0.1) is 18.8 Å². The molecule has 24 heavy (non-hydrogen) atoms. The number of hydrogen-bond donors (Lipinski definition) is 3. The molecule has 0 heterocycles. The molecule has 0 amide bonds. The minimum Gasteiger partial charge on any atom is -0.394 e. The van der Waals surface area contributed by atoms with Crippen LogP contribution >= 0.6 is 0 Å². The Bertz CT molecular complexity index is 233. The highest BCUT2D eigenvalue weighted by Gasteiger charge is 2.10. The zero-order chi connectivity index (χ0) is 17.9. The van der Waals surface area contributed by atoms with Gasteiger partial charge in [-0.25, -0.2) is 0 Å². The third-order valence-electron chi connectivity index (χ3n) is 4.90. The summed E-state index contributed by atoms with van der Waals surface area (Å²) in [7, 11) is 0. The van der Waals surface area contributed by atoms with Crippen LogP contribution in [0.2, 0.25) is 0 Å². The van der Waals surface area contributed by atoms with E-state index in [4.69, 9.17) is 5.11 Å². The largest absolute Gasteiger partial charge is 0.394 e. The molecule has 146 valence electrons. The first-order valence-corrected chi connectivity index (χ1v) is 10.7. The first-order valence-electron chi connectivity index (χ1n) is 10.7. The molecule has 2 unspecified atom stereocenters. The van der Waals surface area contributed by atoms with Gasteiger partial charge in [-0.05, 0) is 6.42 Å². The Hall–Kier alpha value is -0.120. The molecule has 0 aromatic heterocycles. The van der Waals surface area contributed by atoms with E-state index in [1.54, 1.807) is 0 Å². The molecule has 2 atom stereocenters. The van der Waals surface area contributed by atoms with E-state index >= 15 is 0 Å². The van der Waals surface area contributed by atoms with Crippen LogP contribution in [-0.2, 0) is 0 Å². The average Bonchev–Trinajstić information content (AvgIpc) is 2.58. The zero-order valence-corrected chi connectivity index (χ0v) is 16.2. The van der Waals surface area contributed by atoms with Crippen molar-refractivity contribution in [1.29, 1.82) is 0 Å². The second-order valence-electron chi connectivity index (χ2n) is 7.46. The lowest BCUT2D eigenvalue weighted by Gasteiger charge is -2.13. The lowest BCUT2D eigenvalue weighted by atomic mass is 10.0. The maximum absolute atomic E-state index is 9.68. The van der Waals surface area contributed by atoms with Gasteiger partial charge in [0.15, 0.2) is 0 Å². The topological polar surface area (TPSA) is 60.7 Å². The highest BCUT2D eigenvalue weighted by atomic mass is 16.3. The van der Waals surface area contributed by atoms with Gasteiger partial charge < -0.3 is 15.3 Å². The minimum atomic E-state index is -0.767. The molecular weight excluding hydrogens is 300 g/mol. The summed E-state index contributed by atoms with van der Waals surface area (Å²) in [6, 6.07) is 0. The molecule has 0 aromatic carbocycles. The van der Waals surface area contributed by atoms with Crippen molar-refractivity contribution < 1.29 is 15.3 Å². The van der Waals surface area contributed by atoms with E-state index < -0.39 is 12.2 Å². The quantitative estimate of drug-likeness (QED) is 0.277. The van der Waals surface area contributed by atoms with E-state index in [2.05, 4.69) is 6.92 Å². The maximum Gasteiger partial charge on any atom is 0.0795 e. The van der Waals surface area contributed by atoms with Crippen molar-refractivity contribution >= 4 is 0 Å². The predicted octanol–water partition coefficient (Wildman–Crippen LogP) is 5.35. The fourth-order valence-electron chi connectivity index (χ4n) is 3.26. The summed E-state index contributed by atoms with van der Waals surface area (Å²) >= 11 is 0. The van der Waals surface area contributed by atoms with Gasteiger partial charge in [0.25, 0.3) is 0 Å². The Morgan fingerprint density at radius 3 is 1.29 bits per heavy atom. The fraction of sp³-hybridized carbons (Fsp3) is 1.00. The minimum absolute atomic E-state index is 0.254. The Labute approximate surface area is 150 Å². The molecule has 3 heteroatoms. The number of hydrogen-bond acceptors (Lipinski definition) is 3. The third-order valence-corrected chi connectivity index (χ3v) is 4.90. The van der Waals surface area contributed by atoms with E-state index in [9.17, 15) is 10.2 Å². The fourth-order valence-corrected chi connectivity index (χ4v) is 3.26. The van der Waals surface area contributed by atoms with Gasteiger partial charge >= 0.3 is 0 Å². The van der Waals surface area contributed by atoms with Crippen LogP contribution in [0, 0.1) is 0 Å². The van der Waals surface area contributed by atoms with Crippen molar-refractivity contribution in [2.45, 2.75) is 128 Å². The number of aliphatic hydroxyl groups is 3. The lowest BCUT2D eigenvalue weighted by Crippen LogP contribution is -2.20. The third kappa shape index (κ3) is 18.2. The molecule has 3 nitrogen and oxygen atoms in total. The van der Waals surface area contributed by atoms with E-state index in [0.717, 1.165) is 12.8 Å². The van der Waals surface area contributed by atoms with Gasteiger partial charge in [-0.15, -0.1) is 0 Å². The summed E-state index contributed by atoms with van der Waals surface area (Å²) in [5.74, 6) is 0. The van der Waals surface area contributed by atoms with Crippen molar-refractivity contribution in [3.05, 3.63) is 0 Å². The molecule has 0 aliphatic heterocycles. The van der Waals surface area contributed by atoms with Crippen LogP contribution in [0.4, 0.5) is 0 Å². The number of aliphatic hydroxyl groups excluding tert-OH is 3. The standard InChI is InChI=1S/C21H44O3/c1-2-3-4-5-6-7-8-9-10-11-12-13-14-15-16-17-20(23)18-21(24)19-22/h20-24H,2-19H2,1H3. The molecule has 0 spiro atoms. The van der Waals surface area contributed by atoms with Gasteiger partial charge in [-0.1, -0.05) is 103 Å². The number of unbranched alkanes of at least 4 members (excludes halogenated alkanes) is 14. The molecule has 0 bridgehead atoms. The summed E-state index contributed by atoms with van der Waals surface area (Å²) in [6.45, 7) is 2.02. The summed E-state index contributed by atoms with van der Waals surface area (Å²) in [4.78, 5) is 0. The van der Waals surface area contributed by atoms with Crippen LogP contribution in [0.3, 0.4) is 0 Å². The van der Waals surface area contributed by atoms with Crippen LogP contribution in [0.5, 0.6) is 0 Å². The van der Waals surface area contributed by atoms with Gasteiger partial charge in [0, 0.05) is 6.42 Å². The van der Waals surface area contributed by atoms with E-state index in [-0.39, 0.29) is 6.61 Å². The van der Waals surface area contributed by atoms with Crippen LogP contribution in [0.25, 0.3) is 0 Å². The van der Waals surface area contributed by atoms with Crippen LogP contribution < -0.4 is 0 Å². The molecule has 0 aliphatic rings. The molecular formula is C21H44O3. The molecule has 3 N–H and O–H groups in total. The lowest BCUT2D eigenvalue weighted by molar-refractivity contribution is 0.0380. The Kier molecular flexibility index (Phi) is 19.1. The van der Waals surface area contributed by atoms with Crippen LogP contribution in [-0.4, -0.2) is 34.1 Å². The average molecular weight is 345 g/mol. The van der Waals surface area contributed by atoms with Gasteiger partial charge in [-0.3, -0.25) is 0 Å². The first kappa shape index (κ1) is 23.9. The molecule has 0 radical (unpaired) electrons. The highest BCUT2D eigenvalue weighted by molar-refractivity contribution is 4.62. The Morgan fingerprint density at radius 2 is 0.917 bits per heavy atom. The second-order valence-corrected chi connectivity index (χ2v) is 7.46. The molecule has 0 fully saturated rings. The molecule has 0 aliphatic carbocycles. The van der Waals surface area contributed by atoms with Crippen molar-refractivity contribution in [3.63, 3.8) is 0 Å². The summed E-state index contributed by atoms with van der Waals surface area (Å²) in [5.41, 5.74) is 0. The van der Waals surface area contributed by atoms with Crippen molar-refractivity contribution in [3.8, 4) is 0 Å². The van der Waals surface area contributed by atoms with Gasteiger partial charge in [0.1, 0.15) is 0 Å². The molecule has 0 saturated heterocycles. The maximum atomic E-state index is 9.68. The normalized spacial score (nSPS) is 14.0. The van der Waals surface area contributed by atoms with Crippen LogP contribution in [0.15, 0.2) is 0 Å². The SMILES string of the molecule is CCCCCCCCCCCCCCCCCC(O)CC(O)CO. The summed E-state index contributed by atoms with van der Waals surface area (Å²) < 4.78 is 0. The monoisotopic (exact) mass is 344 g/mol. The van der Waals surface area contributed by atoms with E-state index in [1.807, 2.05) is 0 Å². The van der Waals surface area contributed by atoms with E-state index in [1.165, 1.54) is 89.9 Å². The molecule has 0 aromatic rings. The molecule has 0 rings (SSSR count). The van der Waals surface area contributed by atoms with Crippen molar-refractivity contribution in [2.24, 2.45) is 0 Å².